The van der Waals surface area contributed by atoms with Crippen LogP contribution in [0.4, 0.5) is 13.2 Å². The molecule has 2 N–H and O–H groups in total. The smallest absolute Gasteiger partial charge is 0.240 e. The van der Waals surface area contributed by atoms with Crippen LogP contribution in [0.5, 0.6) is 0 Å². The van der Waals surface area contributed by atoms with Gasteiger partial charge in [0.05, 0.1) is 11.0 Å². The zero-order valence-corrected chi connectivity index (χ0v) is 12.0. The highest BCUT2D eigenvalue weighted by Gasteiger charge is 2.21. The Morgan fingerprint density at radius 2 is 1.86 bits per heavy atom. The van der Waals surface area contributed by atoms with Crippen molar-refractivity contribution in [1.82, 2.24) is 4.72 Å². The highest BCUT2D eigenvalue weighted by atomic mass is 32.2. The number of thiophene rings is 1. The number of hydrogen-bond donors (Lipinski definition) is 2. The molecule has 1 aromatic heterocycles. The minimum Gasteiger partial charge on any atom is -0.387 e. The standard InChI is InChI=1S/C12H10F3NO3S2/c13-9-3-8(4-10(14)12(9)15)21(18,19)16-5-11(17)7-1-2-20-6-7/h1-4,6,11,16-17H,5H2/t11-/m1/s1. The van der Waals surface area contributed by atoms with Gasteiger partial charge in [-0.25, -0.2) is 26.3 Å². The average Bonchev–Trinajstić information content (AvgIpc) is 2.95. The summed E-state index contributed by atoms with van der Waals surface area (Å²) in [6.45, 7) is -0.375. The zero-order valence-electron chi connectivity index (χ0n) is 10.4. The summed E-state index contributed by atoms with van der Waals surface area (Å²) in [4.78, 5) is -0.753. The van der Waals surface area contributed by atoms with Gasteiger partial charge in [-0.05, 0) is 34.5 Å². The molecule has 4 nitrogen and oxygen atoms in total. The third-order valence-electron chi connectivity index (χ3n) is 2.66. The zero-order chi connectivity index (χ0) is 15.6. The van der Waals surface area contributed by atoms with Gasteiger partial charge in [0.1, 0.15) is 0 Å². The van der Waals surface area contributed by atoms with Crippen LogP contribution >= 0.6 is 11.3 Å². The van der Waals surface area contributed by atoms with E-state index in [1.165, 1.54) is 11.3 Å². The quantitative estimate of drug-likeness (QED) is 0.822. The summed E-state index contributed by atoms with van der Waals surface area (Å²) < 4.78 is 64.6. The van der Waals surface area contributed by atoms with Crippen molar-refractivity contribution in [2.24, 2.45) is 0 Å². The van der Waals surface area contributed by atoms with Gasteiger partial charge in [-0.2, -0.15) is 11.3 Å². The van der Waals surface area contributed by atoms with Crippen LogP contribution in [0.25, 0.3) is 0 Å². The first-order chi connectivity index (χ1) is 9.81. The Hall–Kier alpha value is -1.42. The molecule has 114 valence electrons. The van der Waals surface area contributed by atoms with Crippen LogP contribution in [0.15, 0.2) is 33.9 Å². The van der Waals surface area contributed by atoms with Crippen LogP contribution in [0, 0.1) is 17.5 Å². The minimum atomic E-state index is -4.26. The SMILES string of the molecule is O=S(=O)(NC[C@@H](O)c1ccsc1)c1cc(F)c(F)c(F)c1. The monoisotopic (exact) mass is 337 g/mol. The van der Waals surface area contributed by atoms with Crippen molar-refractivity contribution in [3.8, 4) is 0 Å². The van der Waals surface area contributed by atoms with Gasteiger partial charge >= 0.3 is 0 Å². The number of hydrogen-bond acceptors (Lipinski definition) is 4. The van der Waals surface area contributed by atoms with Crippen LogP contribution in [-0.4, -0.2) is 20.1 Å². The summed E-state index contributed by atoms with van der Waals surface area (Å²) in [5.74, 6) is -4.95. The molecule has 0 amide bonds. The van der Waals surface area contributed by atoms with E-state index in [1.54, 1.807) is 16.8 Å². The first-order valence-electron chi connectivity index (χ1n) is 5.65. The molecular weight excluding hydrogens is 327 g/mol. The molecule has 21 heavy (non-hydrogen) atoms. The van der Waals surface area contributed by atoms with E-state index < -0.39 is 38.5 Å². The van der Waals surface area contributed by atoms with E-state index in [-0.39, 0.29) is 6.54 Å². The molecule has 0 aliphatic carbocycles. The fraction of sp³-hybridized carbons (Fsp3) is 0.167. The molecule has 0 spiro atoms. The summed E-state index contributed by atoms with van der Waals surface area (Å²) in [7, 11) is -4.26. The van der Waals surface area contributed by atoms with Gasteiger partial charge < -0.3 is 5.11 Å². The molecule has 0 bridgehead atoms. The first kappa shape index (κ1) is 16.0. The highest BCUT2D eigenvalue weighted by Crippen LogP contribution is 2.19. The highest BCUT2D eigenvalue weighted by molar-refractivity contribution is 7.89. The van der Waals surface area contributed by atoms with Crippen molar-refractivity contribution in [3.05, 3.63) is 52.0 Å². The van der Waals surface area contributed by atoms with E-state index in [0.717, 1.165) is 0 Å². The Balaban J connectivity index is 2.15. The Morgan fingerprint density at radius 1 is 1.24 bits per heavy atom. The molecule has 2 aromatic rings. The predicted octanol–water partition coefficient (Wildman–Crippen LogP) is 2.18. The number of nitrogens with one attached hydrogen (secondary N) is 1. The summed E-state index contributed by atoms with van der Waals surface area (Å²) in [5, 5.41) is 13.1. The lowest BCUT2D eigenvalue weighted by molar-refractivity contribution is 0.182. The number of rotatable bonds is 5. The largest absolute Gasteiger partial charge is 0.387 e. The lowest BCUT2D eigenvalue weighted by Crippen LogP contribution is -2.28. The van der Waals surface area contributed by atoms with Crippen molar-refractivity contribution in [3.63, 3.8) is 0 Å². The van der Waals surface area contributed by atoms with Crippen molar-refractivity contribution in [2.45, 2.75) is 11.0 Å². The molecule has 1 aromatic carbocycles. The Bertz CT molecular complexity index is 709. The maximum Gasteiger partial charge on any atom is 0.240 e. The van der Waals surface area contributed by atoms with Gasteiger partial charge in [0, 0.05) is 6.54 Å². The van der Waals surface area contributed by atoms with Gasteiger partial charge in [-0.3, -0.25) is 0 Å². The second-order valence-electron chi connectivity index (χ2n) is 4.13. The third kappa shape index (κ3) is 3.62. The first-order valence-corrected chi connectivity index (χ1v) is 8.08. The van der Waals surface area contributed by atoms with Crippen LogP contribution < -0.4 is 4.72 Å². The fourth-order valence-electron chi connectivity index (χ4n) is 1.54. The molecule has 0 saturated carbocycles. The van der Waals surface area contributed by atoms with Gasteiger partial charge in [0.2, 0.25) is 10.0 Å². The number of benzene rings is 1. The Kier molecular flexibility index (Phi) is 4.67. The second kappa shape index (κ2) is 6.14. The van der Waals surface area contributed by atoms with E-state index >= 15 is 0 Å². The lowest BCUT2D eigenvalue weighted by atomic mass is 10.2. The number of halogens is 3. The molecule has 2 rings (SSSR count). The predicted molar refractivity (Wildman–Crippen MR) is 70.8 cm³/mol. The summed E-state index contributed by atoms with van der Waals surface area (Å²) in [6.07, 6.45) is -1.10. The molecule has 0 radical (unpaired) electrons. The van der Waals surface area contributed by atoms with Gasteiger partial charge in [0.25, 0.3) is 0 Å². The number of sulfonamides is 1. The van der Waals surface area contributed by atoms with Gasteiger partial charge in [0.15, 0.2) is 17.5 Å². The van der Waals surface area contributed by atoms with Crippen LogP contribution in [0.1, 0.15) is 11.7 Å². The Morgan fingerprint density at radius 3 is 2.38 bits per heavy atom. The molecule has 9 heteroatoms. The summed E-state index contributed by atoms with van der Waals surface area (Å²) >= 11 is 1.33. The van der Waals surface area contributed by atoms with Crippen LogP contribution in [0.3, 0.4) is 0 Å². The number of aliphatic hydroxyl groups is 1. The summed E-state index contributed by atoms with van der Waals surface area (Å²) in [6, 6.07) is 2.36. The molecular formula is C12H10F3NO3S2. The summed E-state index contributed by atoms with van der Waals surface area (Å²) in [5.41, 5.74) is 0.513. The maximum atomic E-state index is 13.0. The van der Waals surface area contributed by atoms with Crippen LogP contribution in [-0.2, 0) is 10.0 Å². The normalized spacial score (nSPS) is 13.3. The minimum absolute atomic E-state index is 0.373. The van der Waals surface area contributed by atoms with Crippen LogP contribution in [0.2, 0.25) is 0 Å². The van der Waals surface area contributed by atoms with Crippen molar-refractivity contribution in [2.75, 3.05) is 6.54 Å². The van der Waals surface area contributed by atoms with E-state index in [2.05, 4.69) is 0 Å². The van der Waals surface area contributed by atoms with E-state index in [0.29, 0.717) is 17.7 Å². The van der Waals surface area contributed by atoms with Crippen molar-refractivity contribution in [1.29, 1.82) is 0 Å². The van der Waals surface area contributed by atoms with E-state index in [1.807, 2.05) is 4.72 Å². The molecule has 0 aliphatic rings. The topological polar surface area (TPSA) is 66.4 Å². The van der Waals surface area contributed by atoms with Crippen molar-refractivity contribution < 1.29 is 26.7 Å². The fourth-order valence-corrected chi connectivity index (χ4v) is 3.31. The lowest BCUT2D eigenvalue weighted by Gasteiger charge is -2.11. The average molecular weight is 337 g/mol. The molecule has 0 unspecified atom stereocenters. The molecule has 0 saturated heterocycles. The van der Waals surface area contributed by atoms with E-state index in [4.69, 9.17) is 0 Å². The number of aliphatic hydroxyl groups excluding tert-OH is 1. The molecule has 1 atom stereocenters. The maximum absolute atomic E-state index is 13.0. The Labute approximate surface area is 122 Å². The van der Waals surface area contributed by atoms with E-state index in [9.17, 15) is 26.7 Å². The van der Waals surface area contributed by atoms with Crippen molar-refractivity contribution >= 4 is 21.4 Å². The van der Waals surface area contributed by atoms with Gasteiger partial charge in [-0.1, -0.05) is 0 Å². The van der Waals surface area contributed by atoms with Gasteiger partial charge in [-0.15, -0.1) is 0 Å². The molecule has 1 heterocycles. The third-order valence-corrected chi connectivity index (χ3v) is 4.77. The molecule has 0 aliphatic heterocycles. The molecule has 0 fully saturated rings. The second-order valence-corrected chi connectivity index (χ2v) is 6.67.